The van der Waals surface area contributed by atoms with Gasteiger partial charge in [0.15, 0.2) is 0 Å². The maximum atomic E-state index is 4.64. The molecule has 0 fully saturated rings. The first-order valence-corrected chi connectivity index (χ1v) is 12.1. The fourth-order valence-corrected chi connectivity index (χ4v) is 4.41. The minimum atomic E-state index is 0.917. The van der Waals surface area contributed by atoms with Crippen LogP contribution in [0.2, 0.25) is 0 Å². The number of pyridine rings is 2. The van der Waals surface area contributed by atoms with Crippen molar-refractivity contribution in [3.8, 4) is 0 Å². The molecule has 0 atom stereocenters. The van der Waals surface area contributed by atoms with Crippen LogP contribution in [-0.4, -0.2) is 23.2 Å². The van der Waals surface area contributed by atoms with Crippen molar-refractivity contribution >= 4 is 23.4 Å². The van der Waals surface area contributed by atoms with Crippen LogP contribution < -0.4 is 0 Å². The average molecular weight is 462 g/mol. The van der Waals surface area contributed by atoms with Gasteiger partial charge in [-0.2, -0.15) is 0 Å². The molecule has 0 aliphatic rings. The van der Waals surface area contributed by atoms with Crippen LogP contribution >= 0.6 is 0 Å². The van der Waals surface area contributed by atoms with Crippen LogP contribution in [0.4, 0.5) is 0 Å². The molecule has 2 heterocycles. The van der Waals surface area contributed by atoms with E-state index >= 15 is 0 Å². The van der Waals surface area contributed by atoms with Crippen molar-refractivity contribution in [2.75, 3.05) is 7.05 Å². The minimum absolute atomic E-state index is 0.917. The van der Waals surface area contributed by atoms with Gasteiger partial charge in [-0.15, -0.1) is 0 Å². The lowest BCUT2D eigenvalue weighted by Crippen LogP contribution is -2.03. The lowest BCUT2D eigenvalue weighted by molar-refractivity contribution is 0.912. The molecule has 2 aromatic heterocycles. The van der Waals surface area contributed by atoms with Crippen molar-refractivity contribution in [1.82, 2.24) is 9.97 Å². The van der Waals surface area contributed by atoms with E-state index in [4.69, 9.17) is 0 Å². The van der Waals surface area contributed by atoms with E-state index in [0.29, 0.717) is 0 Å². The van der Waals surface area contributed by atoms with Gasteiger partial charge in [-0.3, -0.25) is 15.0 Å². The molecular weight excluding hydrogens is 426 g/mol. The number of aliphatic imine (C=N–C) groups is 1. The van der Waals surface area contributed by atoms with Gasteiger partial charge in [-0.25, -0.2) is 0 Å². The van der Waals surface area contributed by atoms with Gasteiger partial charge in [-0.1, -0.05) is 61.7 Å². The molecule has 0 radical (unpaired) electrons. The Labute approximate surface area is 210 Å². The smallest absolute Gasteiger partial charge is 0.0691 e. The lowest BCUT2D eigenvalue weighted by atomic mass is 9.91. The maximum absolute atomic E-state index is 4.64. The zero-order chi connectivity index (χ0) is 25.0. The van der Waals surface area contributed by atoms with Crippen LogP contribution in [0.25, 0.3) is 17.2 Å². The van der Waals surface area contributed by atoms with E-state index in [0.717, 1.165) is 48.2 Å². The number of hydrogen-bond donors (Lipinski definition) is 0. The summed E-state index contributed by atoms with van der Waals surface area (Å²) in [6.07, 6.45) is 17.1. The summed E-state index contributed by atoms with van der Waals surface area (Å²) in [5.74, 6) is 0. The summed E-state index contributed by atoms with van der Waals surface area (Å²) in [4.78, 5) is 13.3. The topological polar surface area (TPSA) is 38.1 Å². The monoisotopic (exact) mass is 461 g/mol. The number of allylic oxidation sites excluding steroid dienone is 5. The van der Waals surface area contributed by atoms with Crippen molar-refractivity contribution in [2.24, 2.45) is 4.99 Å². The molecule has 0 amide bonds. The number of hydrogen-bond acceptors (Lipinski definition) is 3. The Hall–Kier alpha value is -3.85. The molecule has 0 bridgehead atoms. The summed E-state index contributed by atoms with van der Waals surface area (Å²) in [7, 11) is 1.78. The van der Waals surface area contributed by atoms with Gasteiger partial charge in [0.05, 0.1) is 11.4 Å². The van der Waals surface area contributed by atoms with Crippen LogP contribution in [0.15, 0.2) is 91.2 Å². The second-order valence-corrected chi connectivity index (χ2v) is 8.56. The number of aryl methyl sites for hydroxylation is 4. The molecule has 3 aromatic rings. The van der Waals surface area contributed by atoms with E-state index < -0.39 is 0 Å². The summed E-state index contributed by atoms with van der Waals surface area (Å²) in [5, 5.41) is 0. The Morgan fingerprint density at radius 1 is 0.743 bits per heavy atom. The molecule has 0 spiro atoms. The van der Waals surface area contributed by atoms with E-state index in [1.165, 1.54) is 27.8 Å². The van der Waals surface area contributed by atoms with Crippen LogP contribution in [0.1, 0.15) is 53.1 Å². The van der Waals surface area contributed by atoms with Gasteiger partial charge in [0.25, 0.3) is 0 Å². The fraction of sp³-hybridized carbons (Fsp3) is 0.219. The predicted octanol–water partition coefficient (Wildman–Crippen LogP) is 7.38. The Morgan fingerprint density at radius 2 is 1.23 bits per heavy atom. The summed E-state index contributed by atoms with van der Waals surface area (Å²) in [6, 6.07) is 15.0. The first-order chi connectivity index (χ1) is 17.1. The quantitative estimate of drug-likeness (QED) is 0.221. The molecule has 0 aliphatic heterocycles. The summed E-state index contributed by atoms with van der Waals surface area (Å²) >= 11 is 0. The highest BCUT2D eigenvalue weighted by Crippen LogP contribution is 2.24. The van der Waals surface area contributed by atoms with Crippen LogP contribution in [0.5, 0.6) is 0 Å². The summed E-state index contributed by atoms with van der Waals surface area (Å²) in [5.41, 5.74) is 10.7. The lowest BCUT2D eigenvalue weighted by Gasteiger charge is -2.14. The number of nitrogens with zero attached hydrogens (tertiary/aromatic N) is 3. The zero-order valence-electron chi connectivity index (χ0n) is 21.2. The third-order valence-corrected chi connectivity index (χ3v) is 6.19. The van der Waals surface area contributed by atoms with E-state index in [-0.39, 0.29) is 0 Å². The van der Waals surface area contributed by atoms with Crippen molar-refractivity contribution < 1.29 is 0 Å². The molecule has 3 heteroatoms. The first-order valence-electron chi connectivity index (χ1n) is 12.1. The van der Waals surface area contributed by atoms with Gasteiger partial charge < -0.3 is 0 Å². The molecular formula is C32H35N3. The largest absolute Gasteiger partial charge is 0.297 e. The number of benzene rings is 1. The van der Waals surface area contributed by atoms with Crippen molar-refractivity contribution in [3.05, 3.63) is 125 Å². The Kier molecular flexibility index (Phi) is 9.68. The first kappa shape index (κ1) is 25.8. The Morgan fingerprint density at radius 3 is 1.71 bits per heavy atom. The molecule has 0 saturated heterocycles. The third-order valence-electron chi connectivity index (χ3n) is 6.19. The van der Waals surface area contributed by atoms with Crippen LogP contribution in [-0.2, 0) is 25.7 Å². The normalized spacial score (nSPS) is 12.2. The van der Waals surface area contributed by atoms with E-state index in [1.54, 1.807) is 7.05 Å². The predicted molar refractivity (Wildman–Crippen MR) is 152 cm³/mol. The highest BCUT2D eigenvalue weighted by atomic mass is 14.7. The molecule has 35 heavy (non-hydrogen) atoms. The molecule has 0 saturated carbocycles. The molecule has 0 aliphatic carbocycles. The zero-order valence-corrected chi connectivity index (χ0v) is 21.2. The Bertz CT molecular complexity index is 1260. The number of aromatic nitrogens is 2. The molecule has 3 rings (SSSR count). The van der Waals surface area contributed by atoms with Gasteiger partial charge in [-0.05, 0) is 96.7 Å². The molecule has 1 aromatic carbocycles. The van der Waals surface area contributed by atoms with Crippen LogP contribution in [0.3, 0.4) is 0 Å². The van der Waals surface area contributed by atoms with Crippen molar-refractivity contribution in [1.29, 1.82) is 0 Å². The van der Waals surface area contributed by atoms with E-state index in [9.17, 15) is 0 Å². The van der Waals surface area contributed by atoms with Crippen LogP contribution in [0, 0.1) is 0 Å². The van der Waals surface area contributed by atoms with E-state index in [2.05, 4.69) is 72.3 Å². The third kappa shape index (κ3) is 6.83. The molecule has 3 nitrogen and oxygen atoms in total. The SMILES string of the molecule is C=C/C=C(\C)c1ncccc1CCc1cccc(CCc2cccnc2/C(C)=C/C=N\C)c1C=C. The standard InChI is InChI=1S/C32H35N3/c1-6-11-24(3)31-28(14-9-21-34-31)18-16-26-12-8-13-27(30(26)7-2)17-19-29-15-10-22-35-32(29)25(4)20-23-33-5/h6-15,20-23H,1-2,16-19H2,3-5H3/b24-11+,25-20+,33-23-. The Balaban J connectivity index is 1.81. The van der Waals surface area contributed by atoms with Crippen molar-refractivity contribution in [2.45, 2.75) is 39.5 Å². The molecule has 178 valence electrons. The second-order valence-electron chi connectivity index (χ2n) is 8.56. The van der Waals surface area contributed by atoms with Crippen molar-refractivity contribution in [3.63, 3.8) is 0 Å². The average Bonchev–Trinajstić information content (AvgIpc) is 2.89. The van der Waals surface area contributed by atoms with Gasteiger partial charge in [0, 0.05) is 25.7 Å². The maximum Gasteiger partial charge on any atom is 0.0691 e. The highest BCUT2D eigenvalue weighted by molar-refractivity contribution is 5.83. The second kappa shape index (κ2) is 13.1. The molecule has 0 N–H and O–H groups in total. The summed E-state index contributed by atoms with van der Waals surface area (Å²) in [6.45, 7) is 12.1. The highest BCUT2D eigenvalue weighted by Gasteiger charge is 2.11. The van der Waals surface area contributed by atoms with Gasteiger partial charge >= 0.3 is 0 Å². The van der Waals surface area contributed by atoms with E-state index in [1.807, 2.05) is 55.0 Å². The minimum Gasteiger partial charge on any atom is -0.297 e. The fourth-order valence-electron chi connectivity index (χ4n) is 4.41. The molecule has 0 unspecified atom stereocenters. The number of rotatable bonds is 11. The van der Waals surface area contributed by atoms with Gasteiger partial charge in [0.1, 0.15) is 0 Å². The van der Waals surface area contributed by atoms with Gasteiger partial charge in [0.2, 0.25) is 0 Å². The summed E-state index contributed by atoms with van der Waals surface area (Å²) < 4.78 is 0.